The van der Waals surface area contributed by atoms with Crippen molar-refractivity contribution in [3.8, 4) is 0 Å². The molecule has 0 amide bonds. The van der Waals surface area contributed by atoms with Gasteiger partial charge in [0.2, 0.25) is 5.28 Å². The molecule has 0 radical (unpaired) electrons. The van der Waals surface area contributed by atoms with Crippen LogP contribution in [0.15, 0.2) is 12.3 Å². The fourth-order valence-corrected chi connectivity index (χ4v) is 1.12. The van der Waals surface area contributed by atoms with Crippen molar-refractivity contribution in [3.05, 3.63) is 23.2 Å². The van der Waals surface area contributed by atoms with Crippen molar-refractivity contribution < 1.29 is 12.6 Å². The van der Waals surface area contributed by atoms with E-state index in [1.165, 1.54) is 12.3 Å². The minimum Gasteiger partial charge on any atom is -0.264 e. The summed E-state index contributed by atoms with van der Waals surface area (Å²) in [5.74, 6) is 0. The van der Waals surface area contributed by atoms with Crippen molar-refractivity contribution in [1.29, 1.82) is 0 Å². The Kier molecular flexibility index (Phi) is 3.18. The number of rotatable bonds is 3. The summed E-state index contributed by atoms with van der Waals surface area (Å²) in [4.78, 5) is 7.37. The van der Waals surface area contributed by atoms with Gasteiger partial charge in [-0.2, -0.15) is 8.42 Å². The van der Waals surface area contributed by atoms with E-state index in [2.05, 4.69) is 14.2 Å². The Bertz CT molecular complexity index is 393. The van der Waals surface area contributed by atoms with Gasteiger partial charge >= 0.3 is 0 Å². The molecule has 0 spiro atoms. The second-order valence-corrected chi connectivity index (χ2v) is 4.27. The summed E-state index contributed by atoms with van der Waals surface area (Å²) in [5, 5.41) is 0.0644. The van der Waals surface area contributed by atoms with E-state index in [1.807, 2.05) is 0 Å². The van der Waals surface area contributed by atoms with Crippen LogP contribution >= 0.6 is 11.6 Å². The molecule has 72 valence electrons. The fraction of sp³-hybridized carbons (Fsp3) is 0.333. The Morgan fingerprint density at radius 2 is 2.31 bits per heavy atom. The highest BCUT2D eigenvalue weighted by Gasteiger charge is 2.03. The van der Waals surface area contributed by atoms with E-state index in [4.69, 9.17) is 11.6 Å². The maximum Gasteiger partial charge on any atom is 0.264 e. The van der Waals surface area contributed by atoms with Gasteiger partial charge in [0.05, 0.1) is 11.9 Å². The van der Waals surface area contributed by atoms with Crippen LogP contribution in [-0.4, -0.2) is 24.6 Å². The Morgan fingerprint density at radius 3 is 2.85 bits per heavy atom. The molecule has 0 aliphatic carbocycles. The summed E-state index contributed by atoms with van der Waals surface area (Å²) in [5.41, 5.74) is 0.422. The fourth-order valence-electron chi connectivity index (χ4n) is 0.617. The van der Waals surface area contributed by atoms with Gasteiger partial charge in [-0.3, -0.25) is 4.18 Å². The third-order valence-corrected chi connectivity index (χ3v) is 1.83. The zero-order chi connectivity index (χ0) is 9.90. The molecule has 0 fully saturated rings. The lowest BCUT2D eigenvalue weighted by molar-refractivity contribution is 0.307. The van der Waals surface area contributed by atoms with Crippen LogP contribution in [-0.2, 0) is 20.9 Å². The molecular formula is C6H7ClN2O3S. The molecule has 7 heteroatoms. The molecule has 0 aliphatic heterocycles. The Hall–Kier alpha value is -0.720. The molecule has 1 aromatic rings. The Morgan fingerprint density at radius 1 is 1.62 bits per heavy atom. The number of nitrogens with zero attached hydrogens (tertiary/aromatic N) is 2. The predicted molar refractivity (Wildman–Crippen MR) is 46.7 cm³/mol. The first kappa shape index (κ1) is 10.4. The maximum absolute atomic E-state index is 10.6. The first-order valence-electron chi connectivity index (χ1n) is 3.29. The number of halogens is 1. The van der Waals surface area contributed by atoms with Gasteiger partial charge in [0, 0.05) is 6.20 Å². The quantitative estimate of drug-likeness (QED) is 0.554. The molecule has 0 aromatic carbocycles. The molecule has 1 rings (SSSR count). The third-order valence-electron chi connectivity index (χ3n) is 1.10. The van der Waals surface area contributed by atoms with Gasteiger partial charge in [0.1, 0.15) is 6.61 Å². The highest BCUT2D eigenvalue weighted by molar-refractivity contribution is 7.85. The lowest BCUT2D eigenvalue weighted by Gasteiger charge is -1.99. The van der Waals surface area contributed by atoms with E-state index >= 15 is 0 Å². The minimum atomic E-state index is -3.44. The van der Waals surface area contributed by atoms with E-state index in [9.17, 15) is 8.42 Å². The van der Waals surface area contributed by atoms with Gasteiger partial charge in [0.15, 0.2) is 0 Å². The average Bonchev–Trinajstić information content (AvgIpc) is 2.00. The summed E-state index contributed by atoms with van der Waals surface area (Å²) < 4.78 is 25.7. The van der Waals surface area contributed by atoms with Crippen molar-refractivity contribution in [2.45, 2.75) is 6.61 Å². The number of hydrogen-bond acceptors (Lipinski definition) is 5. The lowest BCUT2D eigenvalue weighted by Crippen LogP contribution is -2.04. The molecule has 0 N–H and O–H groups in total. The minimum absolute atomic E-state index is 0.0644. The highest BCUT2D eigenvalue weighted by Crippen LogP contribution is 2.03. The first-order valence-corrected chi connectivity index (χ1v) is 5.48. The van der Waals surface area contributed by atoms with Crippen LogP contribution in [0.3, 0.4) is 0 Å². The van der Waals surface area contributed by atoms with E-state index in [0.29, 0.717) is 5.69 Å². The summed E-state index contributed by atoms with van der Waals surface area (Å²) in [6.07, 6.45) is 2.39. The van der Waals surface area contributed by atoms with Gasteiger partial charge in [-0.05, 0) is 17.7 Å². The zero-order valence-electron chi connectivity index (χ0n) is 6.77. The van der Waals surface area contributed by atoms with Crippen molar-refractivity contribution >= 4 is 21.7 Å². The molecule has 1 heterocycles. The smallest absolute Gasteiger partial charge is 0.264 e. The lowest BCUT2D eigenvalue weighted by atomic mass is 10.4. The van der Waals surface area contributed by atoms with Crippen molar-refractivity contribution in [3.63, 3.8) is 0 Å². The molecular weight excluding hydrogens is 216 g/mol. The van der Waals surface area contributed by atoms with Gasteiger partial charge in [-0.1, -0.05) is 0 Å². The van der Waals surface area contributed by atoms with Gasteiger partial charge in [-0.15, -0.1) is 0 Å². The molecule has 0 saturated heterocycles. The van der Waals surface area contributed by atoms with Crippen LogP contribution in [0.1, 0.15) is 5.69 Å². The van der Waals surface area contributed by atoms with E-state index < -0.39 is 10.1 Å². The van der Waals surface area contributed by atoms with Crippen molar-refractivity contribution in [2.24, 2.45) is 0 Å². The summed E-state index contributed by atoms with van der Waals surface area (Å²) >= 11 is 5.47. The topological polar surface area (TPSA) is 69.2 Å². The van der Waals surface area contributed by atoms with Gasteiger partial charge < -0.3 is 0 Å². The second kappa shape index (κ2) is 3.99. The Balaban J connectivity index is 2.65. The summed E-state index contributed by atoms with van der Waals surface area (Å²) in [7, 11) is -3.44. The molecule has 0 bridgehead atoms. The maximum atomic E-state index is 10.6. The first-order chi connectivity index (χ1) is 5.97. The van der Waals surface area contributed by atoms with Crippen molar-refractivity contribution in [1.82, 2.24) is 9.97 Å². The van der Waals surface area contributed by atoms with E-state index in [1.54, 1.807) is 0 Å². The molecule has 0 atom stereocenters. The highest BCUT2D eigenvalue weighted by atomic mass is 35.5. The number of aromatic nitrogens is 2. The molecule has 5 nitrogen and oxygen atoms in total. The van der Waals surface area contributed by atoms with E-state index in [0.717, 1.165) is 6.26 Å². The van der Waals surface area contributed by atoms with Crippen LogP contribution in [0.5, 0.6) is 0 Å². The Labute approximate surface area is 80.9 Å². The van der Waals surface area contributed by atoms with Crippen LogP contribution < -0.4 is 0 Å². The summed E-state index contributed by atoms with van der Waals surface area (Å²) in [6, 6.07) is 1.52. The van der Waals surface area contributed by atoms with Crippen LogP contribution in [0.2, 0.25) is 5.28 Å². The monoisotopic (exact) mass is 222 g/mol. The van der Waals surface area contributed by atoms with Crippen molar-refractivity contribution in [2.75, 3.05) is 6.26 Å². The molecule has 0 aliphatic rings. The molecule has 0 saturated carbocycles. The second-order valence-electron chi connectivity index (χ2n) is 2.28. The molecule has 1 aromatic heterocycles. The molecule has 13 heavy (non-hydrogen) atoms. The average molecular weight is 223 g/mol. The number of hydrogen-bond donors (Lipinski definition) is 0. The largest absolute Gasteiger partial charge is 0.264 e. The van der Waals surface area contributed by atoms with Gasteiger partial charge in [-0.25, -0.2) is 9.97 Å². The normalized spacial score (nSPS) is 11.5. The third kappa shape index (κ3) is 4.16. The van der Waals surface area contributed by atoms with Gasteiger partial charge in [0.25, 0.3) is 10.1 Å². The zero-order valence-corrected chi connectivity index (χ0v) is 8.34. The summed E-state index contributed by atoms with van der Waals surface area (Å²) in [6.45, 7) is -0.124. The SMILES string of the molecule is CS(=O)(=O)OCc1ccnc(Cl)n1. The molecule has 0 unspecified atom stereocenters. The van der Waals surface area contributed by atoms with Crippen LogP contribution in [0.25, 0.3) is 0 Å². The van der Waals surface area contributed by atoms with E-state index in [-0.39, 0.29) is 11.9 Å². The van der Waals surface area contributed by atoms with Crippen LogP contribution in [0, 0.1) is 0 Å². The van der Waals surface area contributed by atoms with Crippen LogP contribution in [0.4, 0.5) is 0 Å². The standard InChI is InChI=1S/C6H7ClN2O3S/c1-13(10,11)12-4-5-2-3-8-6(7)9-5/h2-3H,4H2,1H3. The predicted octanol–water partition coefficient (Wildman–Crippen LogP) is 0.606.